The number of nitrogens with one attached hydrogen (secondary N) is 1. The average Bonchev–Trinajstić information content (AvgIpc) is 1.81. The maximum absolute atomic E-state index is 4.40. The normalized spacial score (nSPS) is 30.1. The maximum atomic E-state index is 4.40. The zero-order valence-electron chi connectivity index (χ0n) is 7.55. The van der Waals surface area contributed by atoms with Crippen LogP contribution in [-0.2, 0) is 0 Å². The SMILES string of the molecule is CC1=CC(C)(C)NC(S)N1C. The first-order chi connectivity index (χ1) is 4.92. The van der Waals surface area contributed by atoms with Gasteiger partial charge in [-0.15, -0.1) is 12.6 Å². The Morgan fingerprint density at radius 1 is 1.64 bits per heavy atom. The summed E-state index contributed by atoms with van der Waals surface area (Å²) in [6.45, 7) is 6.39. The average molecular weight is 172 g/mol. The van der Waals surface area contributed by atoms with Crippen LogP contribution in [0, 0.1) is 0 Å². The second kappa shape index (κ2) is 2.72. The van der Waals surface area contributed by atoms with Gasteiger partial charge in [0, 0.05) is 18.3 Å². The topological polar surface area (TPSA) is 15.3 Å². The van der Waals surface area contributed by atoms with Crippen LogP contribution in [0.25, 0.3) is 0 Å². The summed E-state index contributed by atoms with van der Waals surface area (Å²) in [7, 11) is 2.03. The Kier molecular flexibility index (Phi) is 2.21. The molecule has 1 atom stereocenters. The molecule has 0 spiro atoms. The van der Waals surface area contributed by atoms with Gasteiger partial charge in [-0.3, -0.25) is 5.32 Å². The molecule has 0 aromatic rings. The molecule has 0 bridgehead atoms. The third kappa shape index (κ3) is 1.91. The Labute approximate surface area is 74.1 Å². The lowest BCUT2D eigenvalue weighted by molar-refractivity contribution is 0.265. The molecule has 0 fully saturated rings. The maximum Gasteiger partial charge on any atom is 0.125 e. The molecule has 0 aromatic heterocycles. The predicted molar refractivity (Wildman–Crippen MR) is 51.5 cm³/mol. The number of allylic oxidation sites excluding steroid dienone is 1. The van der Waals surface area contributed by atoms with E-state index in [9.17, 15) is 0 Å². The molecule has 1 unspecified atom stereocenters. The van der Waals surface area contributed by atoms with Crippen LogP contribution in [-0.4, -0.2) is 23.0 Å². The second-order valence-electron chi connectivity index (χ2n) is 3.64. The third-order valence-corrected chi connectivity index (χ3v) is 2.47. The number of nitrogens with zero attached hydrogens (tertiary/aromatic N) is 1. The Hall–Kier alpha value is -0.150. The predicted octanol–water partition coefficient (Wildman–Crippen LogP) is 1.42. The quantitative estimate of drug-likeness (QED) is 0.537. The zero-order chi connectivity index (χ0) is 8.65. The molecule has 1 rings (SSSR count). The Morgan fingerprint density at radius 2 is 2.18 bits per heavy atom. The van der Waals surface area contributed by atoms with Crippen molar-refractivity contribution in [2.75, 3.05) is 7.05 Å². The highest BCUT2D eigenvalue weighted by Crippen LogP contribution is 2.20. The van der Waals surface area contributed by atoms with Crippen molar-refractivity contribution < 1.29 is 0 Å². The lowest BCUT2D eigenvalue weighted by Gasteiger charge is -2.39. The Bertz CT molecular complexity index is 187. The minimum absolute atomic E-state index is 0.0724. The fourth-order valence-electron chi connectivity index (χ4n) is 1.29. The molecule has 2 nitrogen and oxygen atoms in total. The molecule has 1 aliphatic heterocycles. The van der Waals surface area contributed by atoms with E-state index in [1.807, 2.05) is 7.05 Å². The van der Waals surface area contributed by atoms with Crippen molar-refractivity contribution in [2.45, 2.75) is 31.8 Å². The van der Waals surface area contributed by atoms with Gasteiger partial charge in [0.2, 0.25) is 0 Å². The lowest BCUT2D eigenvalue weighted by atomic mass is 10.0. The molecule has 3 heteroatoms. The van der Waals surface area contributed by atoms with Crippen LogP contribution in [0.2, 0.25) is 0 Å². The van der Waals surface area contributed by atoms with E-state index in [0.717, 1.165) is 0 Å². The first-order valence-electron chi connectivity index (χ1n) is 3.80. The molecule has 11 heavy (non-hydrogen) atoms. The molecule has 1 aliphatic rings. The van der Waals surface area contributed by atoms with Crippen LogP contribution in [0.15, 0.2) is 11.8 Å². The Morgan fingerprint density at radius 3 is 2.64 bits per heavy atom. The molecule has 0 aromatic carbocycles. The van der Waals surface area contributed by atoms with Crippen LogP contribution in [0.4, 0.5) is 0 Å². The summed E-state index contributed by atoms with van der Waals surface area (Å²) in [6.07, 6.45) is 2.21. The number of hydrogen-bond acceptors (Lipinski definition) is 3. The highest BCUT2D eigenvalue weighted by Gasteiger charge is 2.25. The van der Waals surface area contributed by atoms with Gasteiger partial charge in [0.25, 0.3) is 0 Å². The van der Waals surface area contributed by atoms with E-state index in [1.165, 1.54) is 5.70 Å². The minimum atomic E-state index is 0.0724. The van der Waals surface area contributed by atoms with Crippen molar-refractivity contribution in [3.05, 3.63) is 11.8 Å². The van der Waals surface area contributed by atoms with Gasteiger partial charge >= 0.3 is 0 Å². The highest BCUT2D eigenvalue weighted by molar-refractivity contribution is 7.80. The summed E-state index contributed by atoms with van der Waals surface area (Å²) in [5.74, 6) is 0. The van der Waals surface area contributed by atoms with E-state index in [-0.39, 0.29) is 11.0 Å². The number of thiol groups is 1. The third-order valence-electron chi connectivity index (χ3n) is 1.99. The van der Waals surface area contributed by atoms with Gasteiger partial charge in [-0.1, -0.05) is 0 Å². The van der Waals surface area contributed by atoms with Gasteiger partial charge in [-0.05, 0) is 26.8 Å². The van der Waals surface area contributed by atoms with Crippen LogP contribution in [0.1, 0.15) is 20.8 Å². The smallest absolute Gasteiger partial charge is 0.125 e. The van der Waals surface area contributed by atoms with E-state index in [1.54, 1.807) is 0 Å². The highest BCUT2D eigenvalue weighted by atomic mass is 32.1. The van der Waals surface area contributed by atoms with Crippen molar-refractivity contribution in [1.82, 2.24) is 10.2 Å². The van der Waals surface area contributed by atoms with Gasteiger partial charge < -0.3 is 4.90 Å². The van der Waals surface area contributed by atoms with Gasteiger partial charge in [0.15, 0.2) is 0 Å². The standard InChI is InChI=1S/C8H16N2S/c1-6-5-8(2,3)9-7(11)10(6)4/h5,7,9,11H,1-4H3. The second-order valence-corrected chi connectivity index (χ2v) is 4.13. The molecule has 0 saturated heterocycles. The van der Waals surface area contributed by atoms with Crippen molar-refractivity contribution in [1.29, 1.82) is 0 Å². The van der Waals surface area contributed by atoms with E-state index in [4.69, 9.17) is 0 Å². The molecule has 0 aliphatic carbocycles. The summed E-state index contributed by atoms with van der Waals surface area (Å²) in [4.78, 5) is 2.11. The van der Waals surface area contributed by atoms with Gasteiger partial charge in [0.05, 0.1) is 0 Å². The number of hydrogen-bond donors (Lipinski definition) is 2. The van der Waals surface area contributed by atoms with Crippen molar-refractivity contribution in [3.63, 3.8) is 0 Å². The Balaban J connectivity index is 2.85. The van der Waals surface area contributed by atoms with E-state index in [2.05, 4.69) is 49.7 Å². The fourth-order valence-corrected chi connectivity index (χ4v) is 1.80. The van der Waals surface area contributed by atoms with Gasteiger partial charge in [0.1, 0.15) is 5.50 Å². The monoisotopic (exact) mass is 172 g/mol. The molecule has 1 heterocycles. The van der Waals surface area contributed by atoms with Crippen molar-refractivity contribution in [2.24, 2.45) is 0 Å². The first kappa shape index (κ1) is 8.94. The van der Waals surface area contributed by atoms with Crippen LogP contribution in [0.3, 0.4) is 0 Å². The lowest BCUT2D eigenvalue weighted by Crippen LogP contribution is -2.52. The van der Waals surface area contributed by atoms with Crippen LogP contribution < -0.4 is 5.32 Å². The molecule has 64 valence electrons. The molecular formula is C8H16N2S. The summed E-state index contributed by atoms with van der Waals surface area (Å²) < 4.78 is 0. The van der Waals surface area contributed by atoms with E-state index in [0.29, 0.717) is 0 Å². The van der Waals surface area contributed by atoms with Crippen molar-refractivity contribution in [3.8, 4) is 0 Å². The van der Waals surface area contributed by atoms with Crippen LogP contribution >= 0.6 is 12.6 Å². The van der Waals surface area contributed by atoms with Crippen molar-refractivity contribution >= 4 is 12.6 Å². The molecular weight excluding hydrogens is 156 g/mol. The van der Waals surface area contributed by atoms with E-state index < -0.39 is 0 Å². The zero-order valence-corrected chi connectivity index (χ0v) is 8.44. The first-order valence-corrected chi connectivity index (χ1v) is 4.32. The summed E-state index contributed by atoms with van der Waals surface area (Å²) in [6, 6.07) is 0. The van der Waals surface area contributed by atoms with E-state index >= 15 is 0 Å². The minimum Gasteiger partial charge on any atom is -0.354 e. The summed E-state index contributed by atoms with van der Waals surface area (Å²) >= 11 is 4.40. The number of rotatable bonds is 0. The van der Waals surface area contributed by atoms with Gasteiger partial charge in [-0.25, -0.2) is 0 Å². The molecule has 0 amide bonds. The summed E-state index contributed by atoms with van der Waals surface area (Å²) in [5, 5.41) is 3.35. The molecule has 0 radical (unpaired) electrons. The molecule has 1 N–H and O–H groups in total. The summed E-state index contributed by atoms with van der Waals surface area (Å²) in [5.41, 5.74) is 1.48. The molecule has 0 saturated carbocycles. The van der Waals surface area contributed by atoms with Gasteiger partial charge in [-0.2, -0.15) is 0 Å². The largest absolute Gasteiger partial charge is 0.354 e. The van der Waals surface area contributed by atoms with Crippen LogP contribution in [0.5, 0.6) is 0 Å². The fraction of sp³-hybridized carbons (Fsp3) is 0.750.